The van der Waals surface area contributed by atoms with Crippen molar-refractivity contribution in [2.45, 2.75) is 6.92 Å². The summed E-state index contributed by atoms with van der Waals surface area (Å²) in [6.07, 6.45) is 4.03. The molecule has 0 radical (unpaired) electrons. The minimum Gasteiger partial charge on any atom is -0.307 e. The molecule has 1 N–H and O–H groups in total. The number of nitrogens with one attached hydrogen (secondary N) is 1. The van der Waals surface area contributed by atoms with Crippen molar-refractivity contribution in [2.75, 3.05) is 10.2 Å². The second kappa shape index (κ2) is 6.92. The van der Waals surface area contributed by atoms with Crippen molar-refractivity contribution in [2.24, 2.45) is 0 Å². The first kappa shape index (κ1) is 16.8. The minimum atomic E-state index is -0.255. The number of hydrogen-bond donors (Lipinski definition) is 1. The largest absolute Gasteiger partial charge is 0.330 e. The van der Waals surface area contributed by atoms with E-state index in [1.165, 1.54) is 6.92 Å². The van der Waals surface area contributed by atoms with E-state index in [-0.39, 0.29) is 11.8 Å². The lowest BCUT2D eigenvalue weighted by Crippen LogP contribution is -2.31. The number of anilines is 3. The van der Waals surface area contributed by atoms with E-state index >= 15 is 0 Å². The van der Waals surface area contributed by atoms with Crippen molar-refractivity contribution in [3.05, 3.63) is 89.5 Å². The smallest absolute Gasteiger partial charge is 0.307 e. The number of hydrogen-bond acceptors (Lipinski definition) is 2. The van der Waals surface area contributed by atoms with Gasteiger partial charge in [-0.3, -0.25) is 9.69 Å². The van der Waals surface area contributed by atoms with Crippen molar-refractivity contribution >= 4 is 41.0 Å². The van der Waals surface area contributed by atoms with Crippen molar-refractivity contribution < 1.29 is 9.59 Å². The van der Waals surface area contributed by atoms with E-state index in [0.717, 1.165) is 22.5 Å². The molecule has 3 aromatic rings. The van der Waals surface area contributed by atoms with Gasteiger partial charge >= 0.3 is 6.03 Å². The van der Waals surface area contributed by atoms with Gasteiger partial charge in [-0.2, -0.15) is 0 Å². The summed E-state index contributed by atoms with van der Waals surface area (Å²) in [4.78, 5) is 26.3. The monoisotopic (exact) mass is 354 g/mol. The number of Topliss-reactive ketones (excluding diaryl/α,β-unsaturated/α-hetero) is 1. The zero-order valence-electron chi connectivity index (χ0n) is 14.8. The molecule has 4 nitrogen and oxygen atoms in total. The third kappa shape index (κ3) is 3.25. The molecule has 0 aromatic heterocycles. The minimum absolute atomic E-state index is 0.00526. The van der Waals surface area contributed by atoms with Gasteiger partial charge in [-0.25, -0.2) is 4.79 Å². The molecule has 3 aromatic carbocycles. The second-order valence-corrected chi connectivity index (χ2v) is 6.35. The van der Waals surface area contributed by atoms with E-state index in [1.807, 2.05) is 60.7 Å². The Morgan fingerprint density at radius 3 is 1.78 bits per heavy atom. The number of fused-ring (bicyclic) bond motifs is 2. The van der Waals surface area contributed by atoms with Crippen LogP contribution >= 0.6 is 0 Å². The highest BCUT2D eigenvalue weighted by Crippen LogP contribution is 2.36. The van der Waals surface area contributed by atoms with Crippen molar-refractivity contribution in [3.8, 4) is 0 Å². The van der Waals surface area contributed by atoms with Gasteiger partial charge in [-0.1, -0.05) is 48.6 Å². The van der Waals surface area contributed by atoms with E-state index in [0.29, 0.717) is 11.3 Å². The number of rotatable bonds is 2. The summed E-state index contributed by atoms with van der Waals surface area (Å²) < 4.78 is 0. The summed E-state index contributed by atoms with van der Waals surface area (Å²) in [6.45, 7) is 1.52. The number of amides is 2. The van der Waals surface area contributed by atoms with Gasteiger partial charge in [-0.05, 0) is 54.4 Å². The molecule has 27 heavy (non-hydrogen) atoms. The molecule has 1 aliphatic heterocycles. The molecular formula is C23H18N2O2. The van der Waals surface area contributed by atoms with Gasteiger partial charge in [0, 0.05) is 11.3 Å². The molecule has 2 amide bonds. The molecule has 4 heteroatoms. The molecule has 0 unspecified atom stereocenters. The maximum atomic E-state index is 13.2. The highest BCUT2D eigenvalue weighted by Gasteiger charge is 2.23. The van der Waals surface area contributed by atoms with Gasteiger partial charge in [0.05, 0.1) is 11.4 Å². The summed E-state index contributed by atoms with van der Waals surface area (Å²) in [7, 11) is 0. The third-order valence-corrected chi connectivity index (χ3v) is 4.54. The van der Waals surface area contributed by atoms with Crippen molar-refractivity contribution in [1.82, 2.24) is 0 Å². The zero-order valence-corrected chi connectivity index (χ0v) is 14.8. The molecular weight excluding hydrogens is 336 g/mol. The van der Waals surface area contributed by atoms with Crippen LogP contribution in [0, 0.1) is 0 Å². The fourth-order valence-corrected chi connectivity index (χ4v) is 3.16. The first-order chi connectivity index (χ1) is 13.1. The third-order valence-electron chi connectivity index (χ3n) is 4.54. The lowest BCUT2D eigenvalue weighted by molar-refractivity contribution is 0.101. The van der Waals surface area contributed by atoms with E-state index in [4.69, 9.17) is 0 Å². The fraction of sp³-hybridized carbons (Fsp3) is 0.0435. The second-order valence-electron chi connectivity index (χ2n) is 6.35. The van der Waals surface area contributed by atoms with Gasteiger partial charge in [0.25, 0.3) is 0 Å². The summed E-state index contributed by atoms with van der Waals surface area (Å²) in [5, 5.41) is 2.94. The van der Waals surface area contributed by atoms with Crippen LogP contribution in [0.4, 0.5) is 21.9 Å². The molecule has 0 aliphatic carbocycles. The molecule has 1 heterocycles. The van der Waals surface area contributed by atoms with Crippen LogP contribution in [0.1, 0.15) is 28.4 Å². The van der Waals surface area contributed by atoms with Crippen LogP contribution < -0.4 is 10.2 Å². The van der Waals surface area contributed by atoms with Crippen LogP contribution in [0.2, 0.25) is 0 Å². The summed E-state index contributed by atoms with van der Waals surface area (Å²) in [6, 6.07) is 22.2. The normalized spacial score (nSPS) is 12.0. The molecule has 0 spiro atoms. The lowest BCUT2D eigenvalue weighted by atomic mass is 10.1. The standard InChI is InChI=1S/C23H18N2O2/c1-16(26)17-12-14-20(15-13-17)24-23(27)25-21-8-4-2-6-18(21)10-11-19-7-3-5-9-22(19)25/h2-15H,1H3,(H,24,27). The maximum Gasteiger partial charge on any atom is 0.330 e. The van der Waals surface area contributed by atoms with Crippen LogP contribution in [-0.2, 0) is 0 Å². The molecule has 0 saturated carbocycles. The molecule has 0 atom stereocenters. The first-order valence-corrected chi connectivity index (χ1v) is 8.72. The number of para-hydroxylation sites is 2. The average molecular weight is 354 g/mol. The van der Waals surface area contributed by atoms with Crippen LogP contribution in [-0.4, -0.2) is 11.8 Å². The number of carbonyl (C=O) groups excluding carboxylic acids is 2. The number of urea groups is 1. The number of benzene rings is 3. The zero-order chi connectivity index (χ0) is 18.8. The van der Waals surface area contributed by atoms with Crippen LogP contribution in [0.3, 0.4) is 0 Å². The van der Waals surface area contributed by atoms with Gasteiger partial charge in [0.2, 0.25) is 0 Å². The highest BCUT2D eigenvalue weighted by molar-refractivity contribution is 6.11. The maximum absolute atomic E-state index is 13.2. The van der Waals surface area contributed by atoms with E-state index in [9.17, 15) is 9.59 Å². The Kier molecular flexibility index (Phi) is 4.30. The average Bonchev–Trinajstić information content (AvgIpc) is 2.85. The van der Waals surface area contributed by atoms with Crippen molar-refractivity contribution in [3.63, 3.8) is 0 Å². The molecule has 0 fully saturated rings. The molecule has 1 aliphatic rings. The summed E-state index contributed by atoms with van der Waals surface area (Å²) >= 11 is 0. The molecule has 4 rings (SSSR count). The quantitative estimate of drug-likeness (QED) is 0.596. The number of nitrogens with zero attached hydrogens (tertiary/aromatic N) is 1. The predicted molar refractivity (Wildman–Crippen MR) is 109 cm³/mol. The van der Waals surface area contributed by atoms with Gasteiger partial charge in [0.15, 0.2) is 5.78 Å². The number of carbonyl (C=O) groups is 2. The SMILES string of the molecule is CC(=O)c1ccc(NC(=O)N2c3ccccc3C=Cc3ccccc32)cc1. The lowest BCUT2D eigenvalue weighted by Gasteiger charge is -2.25. The van der Waals surface area contributed by atoms with Crippen LogP contribution in [0.25, 0.3) is 12.2 Å². The summed E-state index contributed by atoms with van der Waals surface area (Å²) in [5.74, 6) is -0.00526. The van der Waals surface area contributed by atoms with Crippen LogP contribution in [0.5, 0.6) is 0 Å². The van der Waals surface area contributed by atoms with E-state index in [2.05, 4.69) is 5.32 Å². The Bertz CT molecular complexity index is 1000. The highest BCUT2D eigenvalue weighted by atomic mass is 16.2. The Morgan fingerprint density at radius 2 is 1.26 bits per heavy atom. The van der Waals surface area contributed by atoms with E-state index < -0.39 is 0 Å². The van der Waals surface area contributed by atoms with Gasteiger partial charge in [-0.15, -0.1) is 0 Å². The Morgan fingerprint density at radius 1 is 0.741 bits per heavy atom. The topological polar surface area (TPSA) is 49.4 Å². The van der Waals surface area contributed by atoms with Gasteiger partial charge < -0.3 is 5.32 Å². The Balaban J connectivity index is 1.72. The summed E-state index contributed by atoms with van der Waals surface area (Å²) in [5.41, 5.74) is 4.82. The Labute approximate surface area is 157 Å². The molecule has 132 valence electrons. The fourth-order valence-electron chi connectivity index (χ4n) is 3.16. The van der Waals surface area contributed by atoms with E-state index in [1.54, 1.807) is 29.2 Å². The molecule has 0 saturated heterocycles. The van der Waals surface area contributed by atoms with Crippen molar-refractivity contribution in [1.29, 1.82) is 0 Å². The van der Waals surface area contributed by atoms with Crippen LogP contribution in [0.15, 0.2) is 72.8 Å². The Hall–Kier alpha value is -3.66. The van der Waals surface area contributed by atoms with Gasteiger partial charge in [0.1, 0.15) is 0 Å². The number of ketones is 1. The predicted octanol–water partition coefficient (Wildman–Crippen LogP) is 5.74. The molecule has 0 bridgehead atoms. The first-order valence-electron chi connectivity index (χ1n) is 8.72.